The molecule has 0 fully saturated rings. The lowest BCUT2D eigenvalue weighted by Gasteiger charge is -2.08. The van der Waals surface area contributed by atoms with Crippen LogP contribution in [0.2, 0.25) is 0 Å². The van der Waals surface area contributed by atoms with Crippen molar-refractivity contribution in [2.45, 2.75) is 6.61 Å². The topological polar surface area (TPSA) is 33.0 Å². The summed E-state index contributed by atoms with van der Waals surface area (Å²) >= 11 is 6.42. The first-order valence-corrected chi connectivity index (χ1v) is 6.95. The van der Waals surface area contributed by atoms with Gasteiger partial charge in [0, 0.05) is 4.47 Å². The van der Waals surface area contributed by atoms with Crippen LogP contribution < -0.4 is 4.74 Å². The zero-order valence-corrected chi connectivity index (χ0v) is 12.8. The molecule has 2 nitrogen and oxygen atoms in total. The van der Waals surface area contributed by atoms with Crippen molar-refractivity contribution in [2.24, 2.45) is 0 Å². The van der Waals surface area contributed by atoms with Crippen molar-refractivity contribution in [3.63, 3.8) is 0 Å². The maximum atomic E-state index is 13.1. The number of halogens is 3. The predicted molar refractivity (Wildman–Crippen MR) is 77.3 cm³/mol. The number of ether oxygens (including phenoxy) is 1. The van der Waals surface area contributed by atoms with E-state index in [-0.39, 0.29) is 12.4 Å². The highest BCUT2D eigenvalue weighted by Crippen LogP contribution is 2.24. The lowest BCUT2D eigenvalue weighted by Crippen LogP contribution is -1.97. The lowest BCUT2D eigenvalue weighted by atomic mass is 10.2. The minimum absolute atomic E-state index is 0.273. The Balaban J connectivity index is 2.14. The smallest absolute Gasteiger partial charge is 0.137 e. The van der Waals surface area contributed by atoms with Crippen molar-refractivity contribution in [1.29, 1.82) is 5.26 Å². The molecular formula is C14H8Br2FNO. The molecule has 96 valence electrons. The summed E-state index contributed by atoms with van der Waals surface area (Å²) in [5, 5.41) is 9.01. The molecule has 2 aromatic rings. The van der Waals surface area contributed by atoms with Crippen LogP contribution in [0.3, 0.4) is 0 Å². The molecule has 0 radical (unpaired) electrons. The Morgan fingerprint density at radius 3 is 2.63 bits per heavy atom. The molecule has 5 heteroatoms. The van der Waals surface area contributed by atoms with Gasteiger partial charge in [0.1, 0.15) is 24.2 Å². The van der Waals surface area contributed by atoms with Crippen molar-refractivity contribution in [3.05, 3.63) is 62.3 Å². The highest BCUT2D eigenvalue weighted by atomic mass is 79.9. The second-order valence-corrected chi connectivity index (χ2v) is 5.56. The van der Waals surface area contributed by atoms with Crippen LogP contribution in [0.1, 0.15) is 11.1 Å². The fourth-order valence-corrected chi connectivity index (χ4v) is 2.29. The Kier molecular flexibility index (Phi) is 4.56. The molecule has 2 rings (SSSR count). The molecule has 19 heavy (non-hydrogen) atoms. The van der Waals surface area contributed by atoms with Gasteiger partial charge < -0.3 is 4.74 Å². The second kappa shape index (κ2) is 6.18. The van der Waals surface area contributed by atoms with E-state index in [0.29, 0.717) is 15.8 Å². The summed E-state index contributed by atoms with van der Waals surface area (Å²) in [5.41, 5.74) is 1.27. The summed E-state index contributed by atoms with van der Waals surface area (Å²) in [6, 6.07) is 12.0. The maximum Gasteiger partial charge on any atom is 0.137 e. The maximum absolute atomic E-state index is 13.1. The molecule has 2 aromatic carbocycles. The minimum atomic E-state index is -0.315. The number of nitrogens with zero attached hydrogens (tertiary/aromatic N) is 1. The largest absolute Gasteiger partial charge is 0.488 e. The summed E-state index contributed by atoms with van der Waals surface area (Å²) in [6.45, 7) is 0.273. The minimum Gasteiger partial charge on any atom is -0.488 e. The fraction of sp³-hybridized carbons (Fsp3) is 0.0714. The molecule has 0 atom stereocenters. The number of hydrogen-bond acceptors (Lipinski definition) is 2. The highest BCUT2D eigenvalue weighted by molar-refractivity contribution is 9.10. The fourth-order valence-electron chi connectivity index (χ4n) is 1.51. The lowest BCUT2D eigenvalue weighted by molar-refractivity contribution is 0.305. The predicted octanol–water partition coefficient (Wildman–Crippen LogP) is 4.80. The van der Waals surface area contributed by atoms with E-state index in [4.69, 9.17) is 10.00 Å². The average molecular weight is 385 g/mol. The third-order valence-electron chi connectivity index (χ3n) is 2.44. The third-order valence-corrected chi connectivity index (χ3v) is 3.54. The molecular weight excluding hydrogens is 377 g/mol. The molecule has 0 heterocycles. The van der Waals surface area contributed by atoms with Crippen LogP contribution >= 0.6 is 31.9 Å². The summed E-state index contributed by atoms with van der Waals surface area (Å²) in [7, 11) is 0. The summed E-state index contributed by atoms with van der Waals surface area (Å²) in [5.74, 6) is 0.191. The van der Waals surface area contributed by atoms with Crippen LogP contribution in [0.5, 0.6) is 5.75 Å². The summed E-state index contributed by atoms with van der Waals surface area (Å²) < 4.78 is 19.9. The Bertz CT molecular complexity index is 652. The van der Waals surface area contributed by atoms with Gasteiger partial charge in [-0.1, -0.05) is 22.0 Å². The van der Waals surface area contributed by atoms with Crippen LogP contribution in [0.25, 0.3) is 0 Å². The standard InChI is InChI=1S/C14H8Br2FNO/c15-11-2-4-14(10(6-11)7-18)19-8-9-1-3-13(17)12(16)5-9/h1-6H,8H2. The molecule has 0 aromatic heterocycles. The van der Waals surface area contributed by atoms with E-state index in [0.717, 1.165) is 10.0 Å². The quantitative estimate of drug-likeness (QED) is 0.761. The van der Waals surface area contributed by atoms with Crippen molar-refractivity contribution in [2.75, 3.05) is 0 Å². The molecule has 0 saturated heterocycles. The van der Waals surface area contributed by atoms with Crippen molar-refractivity contribution >= 4 is 31.9 Å². The SMILES string of the molecule is N#Cc1cc(Br)ccc1OCc1ccc(F)c(Br)c1. The number of nitriles is 1. The monoisotopic (exact) mass is 383 g/mol. The summed E-state index contributed by atoms with van der Waals surface area (Å²) in [4.78, 5) is 0. The Labute approximate surface area is 127 Å². The molecule has 0 amide bonds. The zero-order chi connectivity index (χ0) is 13.8. The van der Waals surface area contributed by atoms with Crippen molar-refractivity contribution in [3.8, 4) is 11.8 Å². The van der Waals surface area contributed by atoms with Gasteiger partial charge in [0.25, 0.3) is 0 Å². The van der Waals surface area contributed by atoms with Gasteiger partial charge in [-0.05, 0) is 51.8 Å². The molecule has 0 unspecified atom stereocenters. The van der Waals surface area contributed by atoms with Crippen LogP contribution in [0, 0.1) is 17.1 Å². The van der Waals surface area contributed by atoms with E-state index in [1.165, 1.54) is 6.07 Å². The van der Waals surface area contributed by atoms with Gasteiger partial charge in [-0.2, -0.15) is 5.26 Å². The van der Waals surface area contributed by atoms with Crippen molar-refractivity contribution in [1.82, 2.24) is 0 Å². The average Bonchev–Trinajstić information content (AvgIpc) is 2.41. The number of rotatable bonds is 3. The molecule has 0 aliphatic heterocycles. The number of hydrogen-bond donors (Lipinski definition) is 0. The van der Waals surface area contributed by atoms with Gasteiger partial charge in [-0.15, -0.1) is 0 Å². The third kappa shape index (κ3) is 3.55. The molecule has 0 bridgehead atoms. The second-order valence-electron chi connectivity index (χ2n) is 3.79. The number of benzene rings is 2. The molecule has 0 saturated carbocycles. The Morgan fingerprint density at radius 1 is 1.16 bits per heavy atom. The highest BCUT2D eigenvalue weighted by Gasteiger charge is 2.05. The molecule has 0 aliphatic rings. The van der Waals surface area contributed by atoms with Crippen LogP contribution in [0.15, 0.2) is 45.3 Å². The van der Waals surface area contributed by atoms with E-state index in [1.54, 1.807) is 30.3 Å². The van der Waals surface area contributed by atoms with Gasteiger partial charge >= 0.3 is 0 Å². The Hall–Kier alpha value is -1.38. The van der Waals surface area contributed by atoms with Crippen molar-refractivity contribution < 1.29 is 9.13 Å². The first-order valence-electron chi connectivity index (χ1n) is 5.36. The van der Waals surface area contributed by atoms with E-state index < -0.39 is 0 Å². The van der Waals surface area contributed by atoms with E-state index >= 15 is 0 Å². The first-order chi connectivity index (χ1) is 9.10. The van der Waals surface area contributed by atoms with Gasteiger partial charge in [0.2, 0.25) is 0 Å². The van der Waals surface area contributed by atoms with Crippen LogP contribution in [0.4, 0.5) is 4.39 Å². The summed E-state index contributed by atoms with van der Waals surface area (Å²) in [6.07, 6.45) is 0. The normalized spacial score (nSPS) is 10.0. The van der Waals surface area contributed by atoms with E-state index in [2.05, 4.69) is 37.9 Å². The zero-order valence-electron chi connectivity index (χ0n) is 9.66. The van der Waals surface area contributed by atoms with Crippen LogP contribution in [-0.2, 0) is 6.61 Å². The van der Waals surface area contributed by atoms with Gasteiger partial charge in [-0.25, -0.2) is 4.39 Å². The van der Waals surface area contributed by atoms with Gasteiger partial charge in [0.05, 0.1) is 10.0 Å². The molecule has 0 spiro atoms. The first kappa shape index (κ1) is 14.0. The van der Waals surface area contributed by atoms with Gasteiger partial charge in [0.15, 0.2) is 0 Å². The van der Waals surface area contributed by atoms with Gasteiger partial charge in [-0.3, -0.25) is 0 Å². The van der Waals surface area contributed by atoms with E-state index in [1.807, 2.05) is 0 Å². The molecule has 0 N–H and O–H groups in total. The van der Waals surface area contributed by atoms with E-state index in [9.17, 15) is 4.39 Å². The Morgan fingerprint density at radius 2 is 1.95 bits per heavy atom. The van der Waals surface area contributed by atoms with Crippen LogP contribution in [-0.4, -0.2) is 0 Å². The molecule has 0 aliphatic carbocycles.